The van der Waals surface area contributed by atoms with Crippen LogP contribution in [0.3, 0.4) is 0 Å². The minimum Gasteiger partial charge on any atom is -0.508 e. The lowest BCUT2D eigenvalue weighted by molar-refractivity contribution is 0.475. The Balaban J connectivity index is 2.19. The largest absolute Gasteiger partial charge is 0.508 e. The van der Waals surface area contributed by atoms with Gasteiger partial charge in [-0.05, 0) is 35.9 Å². The Morgan fingerprint density at radius 3 is 2.67 bits per heavy atom. The van der Waals surface area contributed by atoms with Crippen molar-refractivity contribution in [2.24, 2.45) is 0 Å². The Morgan fingerprint density at radius 2 is 1.93 bits per heavy atom. The summed E-state index contributed by atoms with van der Waals surface area (Å²) >= 11 is 0. The van der Waals surface area contributed by atoms with Gasteiger partial charge in [-0.15, -0.1) is 0 Å². The van der Waals surface area contributed by atoms with Gasteiger partial charge in [0.2, 0.25) is 0 Å². The molecule has 1 N–H and O–H groups in total. The third-order valence-corrected chi connectivity index (χ3v) is 2.00. The van der Waals surface area contributed by atoms with Gasteiger partial charge in [0.15, 0.2) is 0 Å². The second-order valence-corrected chi connectivity index (χ2v) is 3.18. The maximum absolute atomic E-state index is 9.26. The molecule has 74 valence electrons. The van der Waals surface area contributed by atoms with E-state index in [2.05, 4.69) is 4.98 Å². The van der Waals surface area contributed by atoms with Crippen LogP contribution in [0.15, 0.2) is 48.7 Å². The number of nitrogens with zero attached hydrogens (tertiary/aromatic N) is 1. The summed E-state index contributed by atoms with van der Waals surface area (Å²) in [7, 11) is 0. The summed E-state index contributed by atoms with van der Waals surface area (Å²) < 4.78 is 0. The van der Waals surface area contributed by atoms with Gasteiger partial charge in [0, 0.05) is 6.20 Å². The summed E-state index contributed by atoms with van der Waals surface area (Å²) in [5.74, 6) is 0.276. The average molecular weight is 197 g/mol. The zero-order valence-corrected chi connectivity index (χ0v) is 8.17. The van der Waals surface area contributed by atoms with E-state index >= 15 is 0 Å². The highest BCUT2D eigenvalue weighted by Crippen LogP contribution is 2.13. The Kier molecular flexibility index (Phi) is 2.79. The third-order valence-electron chi connectivity index (χ3n) is 2.00. The van der Waals surface area contributed by atoms with Crippen LogP contribution in [0.25, 0.3) is 12.2 Å². The van der Waals surface area contributed by atoms with Gasteiger partial charge in [0.05, 0.1) is 5.69 Å². The van der Waals surface area contributed by atoms with Crippen LogP contribution in [0.4, 0.5) is 0 Å². The van der Waals surface area contributed by atoms with E-state index in [1.54, 1.807) is 18.3 Å². The number of pyridine rings is 1. The van der Waals surface area contributed by atoms with Gasteiger partial charge in [-0.2, -0.15) is 0 Å². The summed E-state index contributed by atoms with van der Waals surface area (Å²) in [6.45, 7) is 0. The highest BCUT2D eigenvalue weighted by molar-refractivity contribution is 5.68. The minimum atomic E-state index is 0.276. The molecule has 0 saturated carbocycles. The van der Waals surface area contributed by atoms with Crippen LogP contribution in [0, 0.1) is 0 Å². The van der Waals surface area contributed by atoms with Crippen molar-refractivity contribution >= 4 is 12.2 Å². The van der Waals surface area contributed by atoms with Crippen molar-refractivity contribution in [1.82, 2.24) is 4.98 Å². The second kappa shape index (κ2) is 4.42. The molecule has 1 heterocycles. The smallest absolute Gasteiger partial charge is 0.116 e. The number of aromatic hydroxyl groups is 1. The van der Waals surface area contributed by atoms with Crippen molar-refractivity contribution in [1.29, 1.82) is 0 Å². The lowest BCUT2D eigenvalue weighted by Gasteiger charge is -1.94. The van der Waals surface area contributed by atoms with Crippen molar-refractivity contribution in [3.05, 3.63) is 59.9 Å². The predicted octanol–water partition coefficient (Wildman–Crippen LogP) is 2.96. The lowest BCUT2D eigenvalue weighted by Crippen LogP contribution is -1.76. The quantitative estimate of drug-likeness (QED) is 0.802. The van der Waals surface area contributed by atoms with E-state index in [1.165, 1.54) is 0 Å². The first-order valence-corrected chi connectivity index (χ1v) is 4.73. The van der Waals surface area contributed by atoms with Crippen molar-refractivity contribution < 1.29 is 5.11 Å². The molecule has 0 atom stereocenters. The van der Waals surface area contributed by atoms with Crippen LogP contribution >= 0.6 is 0 Å². The fourth-order valence-corrected chi connectivity index (χ4v) is 1.28. The molecule has 2 aromatic rings. The van der Waals surface area contributed by atoms with E-state index in [0.29, 0.717) is 0 Å². The van der Waals surface area contributed by atoms with Gasteiger partial charge in [0.1, 0.15) is 5.75 Å². The Hall–Kier alpha value is -2.09. The SMILES string of the molecule is Oc1cccc(C=Cc2ccccn2)c1. The molecule has 0 aliphatic heterocycles. The van der Waals surface area contributed by atoms with Crippen molar-refractivity contribution in [3.8, 4) is 5.75 Å². The van der Waals surface area contributed by atoms with E-state index in [-0.39, 0.29) is 5.75 Å². The fraction of sp³-hybridized carbons (Fsp3) is 0. The van der Waals surface area contributed by atoms with Gasteiger partial charge in [-0.25, -0.2) is 0 Å². The maximum Gasteiger partial charge on any atom is 0.116 e. The summed E-state index contributed by atoms with van der Waals surface area (Å²) in [5.41, 5.74) is 1.86. The van der Waals surface area contributed by atoms with E-state index in [4.69, 9.17) is 0 Å². The third kappa shape index (κ3) is 2.68. The van der Waals surface area contributed by atoms with E-state index < -0.39 is 0 Å². The van der Waals surface area contributed by atoms with E-state index in [1.807, 2.05) is 42.5 Å². The van der Waals surface area contributed by atoms with Crippen LogP contribution in [-0.4, -0.2) is 10.1 Å². The predicted molar refractivity (Wildman–Crippen MR) is 61.3 cm³/mol. The van der Waals surface area contributed by atoms with E-state index in [9.17, 15) is 5.11 Å². The number of phenolic OH excluding ortho intramolecular Hbond substituents is 1. The van der Waals surface area contributed by atoms with Gasteiger partial charge in [-0.1, -0.05) is 24.3 Å². The van der Waals surface area contributed by atoms with Crippen molar-refractivity contribution in [3.63, 3.8) is 0 Å². The van der Waals surface area contributed by atoms with Gasteiger partial charge >= 0.3 is 0 Å². The molecule has 0 aliphatic carbocycles. The van der Waals surface area contributed by atoms with Gasteiger partial charge < -0.3 is 5.11 Å². The number of phenols is 1. The minimum absolute atomic E-state index is 0.276. The highest BCUT2D eigenvalue weighted by Gasteiger charge is 1.89. The molecule has 0 radical (unpaired) electrons. The van der Waals surface area contributed by atoms with Crippen LogP contribution in [0.1, 0.15) is 11.3 Å². The molecule has 0 fully saturated rings. The van der Waals surface area contributed by atoms with Crippen LogP contribution in [0.2, 0.25) is 0 Å². The second-order valence-electron chi connectivity index (χ2n) is 3.18. The number of hydrogen-bond acceptors (Lipinski definition) is 2. The number of aromatic nitrogens is 1. The van der Waals surface area contributed by atoms with Gasteiger partial charge in [0.25, 0.3) is 0 Å². The zero-order chi connectivity index (χ0) is 10.5. The Morgan fingerprint density at radius 1 is 1.00 bits per heavy atom. The standard InChI is InChI=1S/C13H11NO/c15-13-6-3-4-11(10-13)7-8-12-5-1-2-9-14-12/h1-10,15H. The van der Waals surface area contributed by atoms with Gasteiger partial charge in [-0.3, -0.25) is 4.98 Å². The van der Waals surface area contributed by atoms with Crippen LogP contribution in [0.5, 0.6) is 5.75 Å². The first-order chi connectivity index (χ1) is 7.34. The lowest BCUT2D eigenvalue weighted by atomic mass is 10.2. The number of rotatable bonds is 2. The molecule has 0 saturated heterocycles. The Labute approximate surface area is 88.5 Å². The fourth-order valence-electron chi connectivity index (χ4n) is 1.28. The first kappa shape index (κ1) is 9.46. The maximum atomic E-state index is 9.26. The molecule has 0 bridgehead atoms. The molecule has 0 aliphatic rings. The number of hydrogen-bond donors (Lipinski definition) is 1. The van der Waals surface area contributed by atoms with Crippen LogP contribution < -0.4 is 0 Å². The summed E-state index contributed by atoms with van der Waals surface area (Å²) in [4.78, 5) is 4.17. The highest BCUT2D eigenvalue weighted by atomic mass is 16.3. The monoisotopic (exact) mass is 197 g/mol. The molecule has 1 aromatic heterocycles. The van der Waals surface area contributed by atoms with Crippen LogP contribution in [-0.2, 0) is 0 Å². The van der Waals surface area contributed by atoms with E-state index in [0.717, 1.165) is 11.3 Å². The topological polar surface area (TPSA) is 33.1 Å². The first-order valence-electron chi connectivity index (χ1n) is 4.73. The molecule has 2 rings (SSSR count). The molecular formula is C13H11NO. The number of benzene rings is 1. The molecule has 2 nitrogen and oxygen atoms in total. The summed E-state index contributed by atoms with van der Waals surface area (Å²) in [6.07, 6.45) is 5.58. The molecule has 15 heavy (non-hydrogen) atoms. The normalized spacial score (nSPS) is 10.7. The van der Waals surface area contributed by atoms with Crippen molar-refractivity contribution in [2.75, 3.05) is 0 Å². The summed E-state index contributed by atoms with van der Waals surface area (Å²) in [6, 6.07) is 12.9. The molecule has 0 spiro atoms. The zero-order valence-electron chi connectivity index (χ0n) is 8.17. The molecule has 0 amide bonds. The van der Waals surface area contributed by atoms with Crippen molar-refractivity contribution in [2.45, 2.75) is 0 Å². The summed E-state index contributed by atoms with van der Waals surface area (Å²) in [5, 5.41) is 9.26. The average Bonchev–Trinajstić information content (AvgIpc) is 2.28. The molecule has 2 heteroatoms. The Bertz CT molecular complexity index is 463. The molecule has 0 unspecified atom stereocenters. The molecule has 1 aromatic carbocycles. The molecular weight excluding hydrogens is 186 g/mol.